The molecule has 0 aliphatic carbocycles. The number of hydrogen-bond donors (Lipinski definition) is 0. The van der Waals surface area contributed by atoms with Gasteiger partial charge >= 0.3 is 5.97 Å². The van der Waals surface area contributed by atoms with Crippen LogP contribution in [0.2, 0.25) is 0 Å². The average Bonchev–Trinajstić information content (AvgIpc) is 2.83. The molecule has 0 bridgehead atoms. The van der Waals surface area contributed by atoms with Crippen LogP contribution in [0, 0.1) is 0 Å². The van der Waals surface area contributed by atoms with Gasteiger partial charge in [-0.25, -0.2) is 19.7 Å². The van der Waals surface area contributed by atoms with Gasteiger partial charge in [-0.3, -0.25) is 4.89 Å². The summed E-state index contributed by atoms with van der Waals surface area (Å²) < 4.78 is 5.51. The predicted octanol–water partition coefficient (Wildman–Crippen LogP) is 6.26. The van der Waals surface area contributed by atoms with E-state index in [0.717, 1.165) is 63.7 Å². The first kappa shape index (κ1) is 25.5. The summed E-state index contributed by atoms with van der Waals surface area (Å²) >= 11 is 0. The average molecular weight is 441 g/mol. The van der Waals surface area contributed by atoms with Gasteiger partial charge in [-0.15, -0.1) is 0 Å². The van der Waals surface area contributed by atoms with E-state index in [0.29, 0.717) is 5.82 Å². The van der Waals surface area contributed by atoms with Crippen molar-refractivity contribution in [1.82, 2.24) is 9.97 Å². The van der Waals surface area contributed by atoms with Gasteiger partial charge in [-0.2, -0.15) is 0 Å². The normalized spacial score (nSPS) is 11.1. The molecule has 1 aromatic heterocycles. The van der Waals surface area contributed by atoms with Crippen LogP contribution in [0.1, 0.15) is 70.8 Å². The molecule has 0 saturated heterocycles. The van der Waals surface area contributed by atoms with Crippen molar-refractivity contribution in [2.45, 2.75) is 71.6 Å². The minimum absolute atomic E-state index is 0.182. The Labute approximate surface area is 192 Å². The second-order valence-electron chi connectivity index (χ2n) is 7.72. The molecule has 1 heterocycles. The third-order valence-electron chi connectivity index (χ3n) is 4.85. The van der Waals surface area contributed by atoms with Crippen LogP contribution in [0.15, 0.2) is 48.8 Å². The van der Waals surface area contributed by atoms with Gasteiger partial charge < -0.3 is 4.74 Å². The molecule has 32 heavy (non-hydrogen) atoms. The summed E-state index contributed by atoms with van der Waals surface area (Å²) in [6.45, 7) is 5.98. The van der Waals surface area contributed by atoms with E-state index in [1.165, 1.54) is 24.4 Å². The van der Waals surface area contributed by atoms with E-state index >= 15 is 0 Å². The second-order valence-corrected chi connectivity index (χ2v) is 7.72. The molecule has 6 nitrogen and oxygen atoms in total. The molecule has 0 amide bonds. The van der Waals surface area contributed by atoms with Crippen LogP contribution in [0.5, 0.6) is 5.75 Å². The lowest BCUT2D eigenvalue weighted by molar-refractivity contribution is -0.212. The Bertz CT molecular complexity index is 788. The topological polar surface area (TPSA) is 70.5 Å². The third-order valence-corrected chi connectivity index (χ3v) is 4.85. The number of aryl methyl sites for hydroxylation is 1. The van der Waals surface area contributed by atoms with Crippen molar-refractivity contribution in [2.75, 3.05) is 13.2 Å². The van der Waals surface area contributed by atoms with Gasteiger partial charge in [0.05, 0.1) is 18.8 Å². The van der Waals surface area contributed by atoms with Crippen LogP contribution in [0.4, 0.5) is 0 Å². The molecule has 2 rings (SSSR count). The van der Waals surface area contributed by atoms with E-state index in [2.05, 4.69) is 35.9 Å². The Morgan fingerprint density at radius 1 is 0.906 bits per heavy atom. The quantitative estimate of drug-likeness (QED) is 0.133. The second kappa shape index (κ2) is 16.0. The van der Waals surface area contributed by atoms with Crippen molar-refractivity contribution in [3.8, 4) is 17.1 Å². The number of rotatable bonds is 16. The van der Waals surface area contributed by atoms with Crippen LogP contribution >= 0.6 is 0 Å². The number of carbonyl (C=O) groups excluding carboxylic acids is 1. The molecule has 0 atom stereocenters. The van der Waals surface area contributed by atoms with Crippen molar-refractivity contribution in [3.63, 3.8) is 0 Å². The fourth-order valence-electron chi connectivity index (χ4n) is 3.03. The van der Waals surface area contributed by atoms with Crippen LogP contribution in [-0.2, 0) is 20.8 Å². The van der Waals surface area contributed by atoms with Gasteiger partial charge in [-0.1, -0.05) is 69.5 Å². The highest BCUT2D eigenvalue weighted by Crippen LogP contribution is 2.18. The first-order valence-corrected chi connectivity index (χ1v) is 11.7. The molecule has 174 valence electrons. The Hall–Kier alpha value is -2.73. The number of aromatic nitrogens is 2. The maximum atomic E-state index is 11.7. The molecule has 0 radical (unpaired) electrons. The number of unbranched alkanes of at least 4 members (excludes halogenated alkanes) is 4. The number of carbonyl (C=O) groups is 1. The number of ether oxygens (including phenoxy) is 1. The lowest BCUT2D eigenvalue weighted by Crippen LogP contribution is -2.07. The zero-order valence-corrected chi connectivity index (χ0v) is 19.4. The zero-order valence-electron chi connectivity index (χ0n) is 19.4. The lowest BCUT2D eigenvalue weighted by atomic mass is 10.0. The predicted molar refractivity (Wildman–Crippen MR) is 126 cm³/mol. The summed E-state index contributed by atoms with van der Waals surface area (Å²) in [5, 5.41) is 0. The largest absolute Gasteiger partial charge is 0.381 e. The minimum atomic E-state index is -0.453. The van der Waals surface area contributed by atoms with E-state index in [4.69, 9.17) is 14.5 Å². The maximum Gasteiger partial charge on any atom is 0.359 e. The molecule has 0 aliphatic rings. The summed E-state index contributed by atoms with van der Waals surface area (Å²) in [6.07, 6.45) is 15.8. The molecule has 0 N–H and O–H groups in total. The van der Waals surface area contributed by atoms with Crippen LogP contribution in [-0.4, -0.2) is 29.2 Å². The fraction of sp³-hybridized carbons (Fsp3) is 0.500. The number of benzene rings is 1. The summed E-state index contributed by atoms with van der Waals surface area (Å²) in [5.74, 6) is 0.435. The van der Waals surface area contributed by atoms with Crippen LogP contribution in [0.3, 0.4) is 0 Å². The van der Waals surface area contributed by atoms with Crippen molar-refractivity contribution >= 4 is 5.97 Å². The van der Waals surface area contributed by atoms with Crippen molar-refractivity contribution < 1.29 is 19.3 Å². The van der Waals surface area contributed by atoms with E-state index in [-0.39, 0.29) is 12.2 Å². The third kappa shape index (κ3) is 10.5. The molecule has 6 heteroatoms. The van der Waals surface area contributed by atoms with Gasteiger partial charge in [0.25, 0.3) is 0 Å². The summed E-state index contributed by atoms with van der Waals surface area (Å²) in [6, 6.07) is 8.29. The minimum Gasteiger partial charge on any atom is -0.381 e. The van der Waals surface area contributed by atoms with E-state index in [9.17, 15) is 4.79 Å². The first-order valence-electron chi connectivity index (χ1n) is 11.7. The number of hydrogen-bond acceptors (Lipinski definition) is 6. The lowest BCUT2D eigenvalue weighted by Gasteiger charge is -2.06. The van der Waals surface area contributed by atoms with Crippen molar-refractivity contribution in [2.24, 2.45) is 0 Å². The molecule has 0 unspecified atom stereocenters. The molecule has 0 saturated carbocycles. The Morgan fingerprint density at radius 3 is 2.41 bits per heavy atom. The Balaban J connectivity index is 1.70. The van der Waals surface area contributed by atoms with Gasteiger partial charge in [0, 0.05) is 18.8 Å². The highest BCUT2D eigenvalue weighted by molar-refractivity contribution is 5.70. The summed E-state index contributed by atoms with van der Waals surface area (Å²) in [5.41, 5.74) is 2.24. The van der Waals surface area contributed by atoms with E-state index in [1.54, 1.807) is 6.08 Å². The van der Waals surface area contributed by atoms with Crippen LogP contribution in [0.25, 0.3) is 11.4 Å². The van der Waals surface area contributed by atoms with Crippen LogP contribution < -0.4 is 4.89 Å². The molecule has 0 aliphatic heterocycles. The summed E-state index contributed by atoms with van der Waals surface area (Å²) in [7, 11) is 0. The molecule has 2 aromatic rings. The number of nitrogens with zero attached hydrogens (tertiary/aromatic N) is 2. The maximum absolute atomic E-state index is 11.7. The highest BCUT2D eigenvalue weighted by atomic mass is 17.2. The van der Waals surface area contributed by atoms with Crippen molar-refractivity contribution in [3.05, 3.63) is 54.4 Å². The van der Waals surface area contributed by atoms with Gasteiger partial charge in [-0.05, 0) is 37.7 Å². The molecule has 0 spiro atoms. The Kier molecular flexibility index (Phi) is 12.7. The van der Waals surface area contributed by atoms with Gasteiger partial charge in [0.1, 0.15) is 0 Å². The first-order chi connectivity index (χ1) is 15.7. The van der Waals surface area contributed by atoms with Crippen molar-refractivity contribution in [1.29, 1.82) is 0 Å². The zero-order chi connectivity index (χ0) is 22.9. The molecular formula is C26H36N2O4. The molecule has 0 fully saturated rings. The SMILES string of the molecule is CCCC/C=C\CC(=O)OOc1cnc(-c2ccc(CCCCCOCCC)cc2)nc1. The molecule has 1 aromatic carbocycles. The van der Waals surface area contributed by atoms with E-state index in [1.807, 2.05) is 18.2 Å². The standard InChI is InChI=1S/C26H36N2O4/c1-3-5-6-7-10-13-25(29)32-31-24-20-27-26(28-21-24)23-16-14-22(15-17-23)12-9-8-11-19-30-18-4-2/h7,10,14-17,20-21H,3-6,8-9,11-13,18-19H2,1-2H3/b10-7-. The number of allylic oxidation sites excluding steroid dienone is 1. The van der Waals surface area contributed by atoms with Gasteiger partial charge in [0.2, 0.25) is 5.75 Å². The van der Waals surface area contributed by atoms with E-state index < -0.39 is 5.97 Å². The smallest absolute Gasteiger partial charge is 0.359 e. The highest BCUT2D eigenvalue weighted by Gasteiger charge is 2.06. The fourth-order valence-corrected chi connectivity index (χ4v) is 3.03. The Morgan fingerprint density at radius 2 is 1.69 bits per heavy atom. The van der Waals surface area contributed by atoms with Gasteiger partial charge in [0.15, 0.2) is 5.82 Å². The molecular weight excluding hydrogens is 404 g/mol. The summed E-state index contributed by atoms with van der Waals surface area (Å²) in [4.78, 5) is 30.1. The monoisotopic (exact) mass is 440 g/mol.